The van der Waals surface area contributed by atoms with E-state index in [-0.39, 0.29) is 11.4 Å². The summed E-state index contributed by atoms with van der Waals surface area (Å²) in [4.78, 5) is 1.14. The standard InChI is InChI=1S/C14H17ClN2O2S2/c1-2-9-16-12-5-3-4-6-13(12)21(18,19)17-10-11-7-8-14(15)20-11/h3-8,16-17H,2,9-10H2,1H3. The van der Waals surface area contributed by atoms with Crippen LogP contribution in [0.2, 0.25) is 4.34 Å². The highest BCUT2D eigenvalue weighted by Gasteiger charge is 2.18. The molecule has 114 valence electrons. The van der Waals surface area contributed by atoms with Crippen molar-refractivity contribution in [1.82, 2.24) is 4.72 Å². The lowest BCUT2D eigenvalue weighted by Gasteiger charge is -2.12. The summed E-state index contributed by atoms with van der Waals surface area (Å²) in [6.07, 6.45) is 0.926. The van der Waals surface area contributed by atoms with E-state index in [9.17, 15) is 8.42 Å². The van der Waals surface area contributed by atoms with Crippen LogP contribution in [-0.4, -0.2) is 15.0 Å². The molecule has 2 rings (SSSR count). The molecule has 0 atom stereocenters. The number of halogens is 1. The summed E-state index contributed by atoms with van der Waals surface area (Å²) in [5, 5.41) is 3.13. The van der Waals surface area contributed by atoms with E-state index in [2.05, 4.69) is 10.0 Å². The SMILES string of the molecule is CCCNc1ccccc1S(=O)(=O)NCc1ccc(Cl)s1. The second-order valence-corrected chi connectivity index (χ2v) is 7.99. The molecular weight excluding hydrogens is 328 g/mol. The summed E-state index contributed by atoms with van der Waals surface area (Å²) in [7, 11) is -3.56. The number of rotatable bonds is 7. The van der Waals surface area contributed by atoms with Crippen molar-refractivity contribution in [1.29, 1.82) is 0 Å². The summed E-state index contributed by atoms with van der Waals surface area (Å²) in [6, 6.07) is 10.5. The molecule has 0 fully saturated rings. The fraction of sp³-hybridized carbons (Fsp3) is 0.286. The van der Waals surface area contributed by atoms with Gasteiger partial charge in [0.1, 0.15) is 4.90 Å². The highest BCUT2D eigenvalue weighted by atomic mass is 35.5. The van der Waals surface area contributed by atoms with Gasteiger partial charge in [-0.05, 0) is 30.7 Å². The van der Waals surface area contributed by atoms with Gasteiger partial charge in [0, 0.05) is 18.0 Å². The maximum atomic E-state index is 12.4. The Hall–Kier alpha value is -1.08. The largest absolute Gasteiger partial charge is 0.384 e. The number of para-hydroxylation sites is 1. The van der Waals surface area contributed by atoms with Gasteiger partial charge in [-0.15, -0.1) is 11.3 Å². The summed E-state index contributed by atoms with van der Waals surface area (Å²) in [5.41, 5.74) is 0.621. The zero-order valence-electron chi connectivity index (χ0n) is 11.6. The second-order valence-electron chi connectivity index (χ2n) is 4.45. The average molecular weight is 345 g/mol. The van der Waals surface area contributed by atoms with Crippen LogP contribution in [0.15, 0.2) is 41.3 Å². The van der Waals surface area contributed by atoms with Gasteiger partial charge in [0.15, 0.2) is 0 Å². The Bertz CT molecular complexity index is 699. The minimum atomic E-state index is -3.56. The quantitative estimate of drug-likeness (QED) is 0.805. The Kier molecular flexibility index (Phi) is 5.64. The zero-order chi connectivity index (χ0) is 15.3. The first kappa shape index (κ1) is 16.3. The molecule has 0 saturated heterocycles. The molecule has 21 heavy (non-hydrogen) atoms. The second kappa shape index (κ2) is 7.26. The summed E-state index contributed by atoms with van der Waals surface area (Å²) in [5.74, 6) is 0. The number of hydrogen-bond acceptors (Lipinski definition) is 4. The molecule has 7 heteroatoms. The smallest absolute Gasteiger partial charge is 0.242 e. The summed E-state index contributed by atoms with van der Waals surface area (Å²) in [6.45, 7) is 3.00. The molecule has 4 nitrogen and oxygen atoms in total. The molecule has 0 aliphatic carbocycles. The van der Waals surface area contributed by atoms with Crippen LogP contribution in [0.5, 0.6) is 0 Å². The molecule has 0 spiro atoms. The molecule has 0 aliphatic rings. The molecule has 0 saturated carbocycles. The number of anilines is 1. The molecule has 0 aliphatic heterocycles. The van der Waals surface area contributed by atoms with E-state index in [1.165, 1.54) is 11.3 Å². The summed E-state index contributed by atoms with van der Waals surface area (Å²) >= 11 is 7.21. The predicted octanol–water partition coefficient (Wildman–Crippen LogP) is 3.70. The van der Waals surface area contributed by atoms with Crippen LogP contribution in [0.4, 0.5) is 5.69 Å². The minimum absolute atomic E-state index is 0.238. The predicted molar refractivity (Wildman–Crippen MR) is 88.6 cm³/mol. The number of sulfonamides is 1. The third-order valence-corrected chi connectivity index (χ3v) is 5.50. The normalized spacial score (nSPS) is 11.5. The molecular formula is C14H17ClN2O2S2. The Balaban J connectivity index is 2.15. The van der Waals surface area contributed by atoms with Crippen molar-refractivity contribution in [2.75, 3.05) is 11.9 Å². The van der Waals surface area contributed by atoms with E-state index in [1.807, 2.05) is 19.1 Å². The van der Waals surface area contributed by atoms with Crippen LogP contribution in [0, 0.1) is 0 Å². The first-order chi connectivity index (χ1) is 10.0. The van der Waals surface area contributed by atoms with E-state index < -0.39 is 10.0 Å². The Morgan fingerprint density at radius 3 is 2.62 bits per heavy atom. The Morgan fingerprint density at radius 1 is 1.19 bits per heavy atom. The van der Waals surface area contributed by atoms with Gasteiger partial charge in [0.05, 0.1) is 10.0 Å². The average Bonchev–Trinajstić information content (AvgIpc) is 2.89. The van der Waals surface area contributed by atoms with E-state index in [4.69, 9.17) is 11.6 Å². The van der Waals surface area contributed by atoms with Crippen LogP contribution in [-0.2, 0) is 16.6 Å². The fourth-order valence-electron chi connectivity index (χ4n) is 1.80. The lowest BCUT2D eigenvalue weighted by Crippen LogP contribution is -2.24. The van der Waals surface area contributed by atoms with Crippen molar-refractivity contribution < 1.29 is 8.42 Å². The van der Waals surface area contributed by atoms with Crippen LogP contribution in [0.1, 0.15) is 18.2 Å². The maximum absolute atomic E-state index is 12.4. The number of nitrogens with one attached hydrogen (secondary N) is 2. The number of thiophene rings is 1. The van der Waals surface area contributed by atoms with Gasteiger partial charge in [-0.1, -0.05) is 30.7 Å². The van der Waals surface area contributed by atoms with Gasteiger partial charge in [0.2, 0.25) is 10.0 Å². The Morgan fingerprint density at radius 2 is 1.95 bits per heavy atom. The first-order valence-corrected chi connectivity index (χ1v) is 9.27. The first-order valence-electron chi connectivity index (χ1n) is 6.59. The van der Waals surface area contributed by atoms with Crippen molar-refractivity contribution in [3.63, 3.8) is 0 Å². The van der Waals surface area contributed by atoms with E-state index in [1.54, 1.807) is 24.3 Å². The van der Waals surface area contributed by atoms with Crippen LogP contribution < -0.4 is 10.0 Å². The van der Waals surface area contributed by atoms with Crippen LogP contribution in [0.3, 0.4) is 0 Å². The van der Waals surface area contributed by atoms with Crippen molar-refractivity contribution >= 4 is 38.6 Å². The topological polar surface area (TPSA) is 58.2 Å². The lowest BCUT2D eigenvalue weighted by molar-refractivity contribution is 0.582. The van der Waals surface area contributed by atoms with Gasteiger partial charge in [-0.25, -0.2) is 13.1 Å². The van der Waals surface area contributed by atoms with Crippen LogP contribution in [0.25, 0.3) is 0 Å². The molecule has 2 N–H and O–H groups in total. The maximum Gasteiger partial charge on any atom is 0.242 e. The zero-order valence-corrected chi connectivity index (χ0v) is 14.0. The third-order valence-electron chi connectivity index (χ3n) is 2.81. The molecule has 0 bridgehead atoms. The van der Waals surface area contributed by atoms with E-state index >= 15 is 0 Å². The Labute approximate surface area is 134 Å². The molecule has 1 aromatic heterocycles. The molecule has 0 unspecified atom stereocenters. The van der Waals surface area contributed by atoms with Crippen molar-refractivity contribution in [2.45, 2.75) is 24.8 Å². The van der Waals surface area contributed by atoms with E-state index in [0.29, 0.717) is 10.0 Å². The minimum Gasteiger partial charge on any atom is -0.384 e. The van der Waals surface area contributed by atoms with Gasteiger partial charge in [-0.3, -0.25) is 0 Å². The van der Waals surface area contributed by atoms with E-state index in [0.717, 1.165) is 17.8 Å². The lowest BCUT2D eigenvalue weighted by atomic mass is 10.3. The van der Waals surface area contributed by atoms with Crippen molar-refractivity contribution in [3.05, 3.63) is 45.6 Å². The molecule has 2 aromatic rings. The highest BCUT2D eigenvalue weighted by Crippen LogP contribution is 2.23. The number of hydrogen-bond donors (Lipinski definition) is 2. The number of benzene rings is 1. The van der Waals surface area contributed by atoms with Gasteiger partial charge in [-0.2, -0.15) is 0 Å². The van der Waals surface area contributed by atoms with Crippen LogP contribution >= 0.6 is 22.9 Å². The molecule has 1 heterocycles. The third kappa shape index (κ3) is 4.44. The monoisotopic (exact) mass is 344 g/mol. The highest BCUT2D eigenvalue weighted by molar-refractivity contribution is 7.89. The van der Waals surface area contributed by atoms with Gasteiger partial charge in [0.25, 0.3) is 0 Å². The summed E-state index contributed by atoms with van der Waals surface area (Å²) < 4.78 is 28.1. The fourth-order valence-corrected chi connectivity index (χ4v) is 4.10. The molecule has 0 amide bonds. The molecule has 0 radical (unpaired) electrons. The molecule has 1 aromatic carbocycles. The van der Waals surface area contributed by atoms with Crippen molar-refractivity contribution in [3.8, 4) is 0 Å². The van der Waals surface area contributed by atoms with Gasteiger partial charge < -0.3 is 5.32 Å². The van der Waals surface area contributed by atoms with Gasteiger partial charge >= 0.3 is 0 Å². The van der Waals surface area contributed by atoms with Crippen molar-refractivity contribution in [2.24, 2.45) is 0 Å².